The third-order valence-electron chi connectivity index (χ3n) is 4.36. The van der Waals surface area contributed by atoms with E-state index in [4.69, 9.17) is 4.74 Å². The van der Waals surface area contributed by atoms with Gasteiger partial charge in [-0.05, 0) is 37.3 Å². The van der Waals surface area contributed by atoms with Crippen LogP contribution in [0.15, 0.2) is 53.4 Å². The lowest BCUT2D eigenvalue weighted by molar-refractivity contribution is -0.121. The Labute approximate surface area is 158 Å². The van der Waals surface area contributed by atoms with E-state index in [2.05, 4.69) is 0 Å². The summed E-state index contributed by atoms with van der Waals surface area (Å²) in [7, 11) is -2.60. The minimum atomic E-state index is -3.97. The monoisotopic (exact) mass is 388 g/mol. The van der Waals surface area contributed by atoms with E-state index in [0.29, 0.717) is 5.69 Å². The van der Waals surface area contributed by atoms with E-state index in [1.807, 2.05) is 0 Å². The maximum atomic E-state index is 13.3. The van der Waals surface area contributed by atoms with Crippen LogP contribution in [0.2, 0.25) is 0 Å². The number of rotatable bonds is 6. The number of hydrogen-bond donors (Lipinski definition) is 0. The fraction of sp³-hybridized carbons (Fsp3) is 0.263. The number of imide groups is 1. The fourth-order valence-electron chi connectivity index (χ4n) is 3.07. The number of hydrogen-bond acceptors (Lipinski definition) is 5. The summed E-state index contributed by atoms with van der Waals surface area (Å²) in [5.74, 6) is -0.542. The molecule has 0 spiro atoms. The number of nitrogens with zero attached hydrogens (tertiary/aromatic N) is 2. The highest BCUT2D eigenvalue weighted by Crippen LogP contribution is 2.34. The summed E-state index contributed by atoms with van der Waals surface area (Å²) in [6, 6.07) is 13.0. The van der Waals surface area contributed by atoms with Gasteiger partial charge in [0.15, 0.2) is 0 Å². The molecule has 0 radical (unpaired) electrons. The standard InChI is InChI=1S/C19H20N2O5S/c1-3-20(14-7-5-4-6-8-14)27(24,25)17-13-15(9-10-16(17)26-2)21-18(22)11-12-19(21)23/h4-10,13H,3,11-12H2,1-2H3. The van der Waals surface area contributed by atoms with Crippen LogP contribution in [0.1, 0.15) is 19.8 Å². The van der Waals surface area contributed by atoms with Crippen molar-refractivity contribution in [1.82, 2.24) is 0 Å². The summed E-state index contributed by atoms with van der Waals surface area (Å²) in [5, 5.41) is 0. The third-order valence-corrected chi connectivity index (χ3v) is 6.28. The second-order valence-electron chi connectivity index (χ2n) is 5.96. The number of anilines is 2. The maximum Gasteiger partial charge on any atom is 0.268 e. The van der Waals surface area contributed by atoms with Gasteiger partial charge in [-0.2, -0.15) is 0 Å². The molecule has 0 atom stereocenters. The number of benzene rings is 2. The van der Waals surface area contributed by atoms with Gasteiger partial charge in [-0.15, -0.1) is 0 Å². The molecule has 3 rings (SSSR count). The molecule has 7 nitrogen and oxygen atoms in total. The largest absolute Gasteiger partial charge is 0.495 e. The lowest BCUT2D eigenvalue weighted by Crippen LogP contribution is -2.32. The van der Waals surface area contributed by atoms with Gasteiger partial charge in [0, 0.05) is 19.4 Å². The highest BCUT2D eigenvalue weighted by molar-refractivity contribution is 7.93. The van der Waals surface area contributed by atoms with Crippen LogP contribution in [0, 0.1) is 0 Å². The van der Waals surface area contributed by atoms with E-state index in [1.54, 1.807) is 37.3 Å². The average molecular weight is 388 g/mol. The first-order valence-electron chi connectivity index (χ1n) is 8.51. The second-order valence-corrected chi connectivity index (χ2v) is 7.79. The van der Waals surface area contributed by atoms with Gasteiger partial charge in [0.05, 0.1) is 18.5 Å². The van der Waals surface area contributed by atoms with Crippen LogP contribution in [0.25, 0.3) is 0 Å². The molecule has 0 N–H and O–H groups in total. The fourth-order valence-corrected chi connectivity index (χ4v) is 4.73. The van der Waals surface area contributed by atoms with Gasteiger partial charge in [0.25, 0.3) is 10.0 Å². The smallest absolute Gasteiger partial charge is 0.268 e. The van der Waals surface area contributed by atoms with Crippen molar-refractivity contribution in [3.8, 4) is 5.75 Å². The van der Waals surface area contributed by atoms with Crippen LogP contribution in [0.5, 0.6) is 5.75 Å². The van der Waals surface area contributed by atoms with Crippen molar-refractivity contribution in [2.24, 2.45) is 0 Å². The van der Waals surface area contributed by atoms with Gasteiger partial charge in [0.2, 0.25) is 11.8 Å². The number of sulfonamides is 1. The molecule has 2 amide bonds. The topological polar surface area (TPSA) is 84.0 Å². The number of amides is 2. The molecule has 1 saturated heterocycles. The Morgan fingerprint density at radius 1 is 1.04 bits per heavy atom. The lowest BCUT2D eigenvalue weighted by atomic mass is 10.2. The Morgan fingerprint density at radius 2 is 1.67 bits per heavy atom. The molecule has 1 heterocycles. The Hall–Kier alpha value is -2.87. The molecule has 0 aromatic heterocycles. The molecule has 2 aromatic rings. The lowest BCUT2D eigenvalue weighted by Gasteiger charge is -2.25. The van der Waals surface area contributed by atoms with Gasteiger partial charge in [0.1, 0.15) is 10.6 Å². The number of para-hydroxylation sites is 1. The van der Waals surface area contributed by atoms with Crippen molar-refractivity contribution in [3.05, 3.63) is 48.5 Å². The predicted octanol–water partition coefficient (Wildman–Crippen LogP) is 2.56. The molecular weight excluding hydrogens is 368 g/mol. The van der Waals surface area contributed by atoms with Crippen molar-refractivity contribution >= 4 is 33.2 Å². The van der Waals surface area contributed by atoms with Crippen LogP contribution in [0.3, 0.4) is 0 Å². The van der Waals surface area contributed by atoms with Gasteiger partial charge < -0.3 is 4.74 Å². The average Bonchev–Trinajstić information content (AvgIpc) is 3.01. The Kier molecular flexibility index (Phi) is 5.18. The molecule has 142 valence electrons. The van der Waals surface area contributed by atoms with Crippen molar-refractivity contribution in [2.45, 2.75) is 24.7 Å². The van der Waals surface area contributed by atoms with E-state index in [1.165, 1.54) is 29.6 Å². The van der Waals surface area contributed by atoms with Crippen molar-refractivity contribution in [3.63, 3.8) is 0 Å². The molecule has 2 aromatic carbocycles. The SMILES string of the molecule is CCN(c1ccccc1)S(=O)(=O)c1cc(N2C(=O)CCC2=O)ccc1OC. The van der Waals surface area contributed by atoms with Crippen molar-refractivity contribution < 1.29 is 22.7 Å². The summed E-state index contributed by atoms with van der Waals surface area (Å²) >= 11 is 0. The highest BCUT2D eigenvalue weighted by atomic mass is 32.2. The van der Waals surface area contributed by atoms with E-state index >= 15 is 0 Å². The summed E-state index contributed by atoms with van der Waals surface area (Å²) in [6.07, 6.45) is 0.246. The van der Waals surface area contributed by atoms with Crippen molar-refractivity contribution in [2.75, 3.05) is 22.9 Å². The van der Waals surface area contributed by atoms with E-state index in [0.717, 1.165) is 4.90 Å². The normalized spacial score (nSPS) is 14.5. The molecule has 8 heteroatoms. The first-order chi connectivity index (χ1) is 12.9. The van der Waals surface area contributed by atoms with Crippen LogP contribution >= 0.6 is 0 Å². The van der Waals surface area contributed by atoms with E-state index in [-0.39, 0.29) is 47.5 Å². The molecule has 0 bridgehead atoms. The minimum Gasteiger partial charge on any atom is -0.495 e. The molecule has 27 heavy (non-hydrogen) atoms. The molecule has 1 fully saturated rings. The maximum absolute atomic E-state index is 13.3. The van der Waals surface area contributed by atoms with E-state index < -0.39 is 10.0 Å². The van der Waals surface area contributed by atoms with Crippen molar-refractivity contribution in [1.29, 1.82) is 0 Å². The van der Waals surface area contributed by atoms with Crippen LogP contribution in [-0.2, 0) is 19.6 Å². The Balaban J connectivity index is 2.12. The van der Waals surface area contributed by atoms with E-state index in [9.17, 15) is 18.0 Å². The summed E-state index contributed by atoms with van der Waals surface area (Å²) in [4.78, 5) is 25.0. The van der Waals surface area contributed by atoms with Gasteiger partial charge in [-0.1, -0.05) is 18.2 Å². The predicted molar refractivity (Wildman–Crippen MR) is 101 cm³/mol. The molecule has 1 aliphatic rings. The zero-order chi connectivity index (χ0) is 19.6. The van der Waals surface area contributed by atoms with Crippen LogP contribution in [-0.4, -0.2) is 33.9 Å². The number of methoxy groups -OCH3 is 1. The number of ether oxygens (including phenoxy) is 1. The first kappa shape index (κ1) is 18.9. The van der Waals surface area contributed by atoms with Gasteiger partial charge in [-0.3, -0.25) is 18.8 Å². The van der Waals surface area contributed by atoms with Crippen LogP contribution in [0.4, 0.5) is 11.4 Å². The molecular formula is C19H20N2O5S. The highest BCUT2D eigenvalue weighted by Gasteiger charge is 2.33. The van der Waals surface area contributed by atoms with Gasteiger partial charge in [-0.25, -0.2) is 8.42 Å². The Bertz CT molecular complexity index is 957. The zero-order valence-corrected chi connectivity index (χ0v) is 15.9. The molecule has 0 unspecified atom stereocenters. The molecule has 0 saturated carbocycles. The molecule has 0 aliphatic carbocycles. The first-order valence-corrected chi connectivity index (χ1v) is 9.95. The van der Waals surface area contributed by atoms with Gasteiger partial charge >= 0.3 is 0 Å². The summed E-state index contributed by atoms with van der Waals surface area (Å²) in [5.41, 5.74) is 0.742. The molecule has 1 aliphatic heterocycles. The third kappa shape index (κ3) is 3.40. The summed E-state index contributed by atoms with van der Waals surface area (Å²) in [6.45, 7) is 1.94. The number of carbonyl (C=O) groups is 2. The second kappa shape index (κ2) is 7.40. The quantitative estimate of drug-likeness (QED) is 0.710. The Morgan fingerprint density at radius 3 is 2.22 bits per heavy atom. The number of carbonyl (C=O) groups excluding carboxylic acids is 2. The minimum absolute atomic E-state index is 0.0966. The van der Waals surface area contributed by atoms with Crippen LogP contribution < -0.4 is 13.9 Å². The zero-order valence-electron chi connectivity index (χ0n) is 15.1. The summed E-state index contributed by atoms with van der Waals surface area (Å²) < 4.78 is 33.2.